The Balaban J connectivity index is 2.28. The lowest BCUT2D eigenvalue weighted by molar-refractivity contribution is 0.0600. The predicted octanol–water partition coefficient (Wildman–Crippen LogP) is 2.89. The van der Waals surface area contributed by atoms with E-state index in [9.17, 15) is 13.2 Å². The van der Waals surface area contributed by atoms with E-state index < -0.39 is 16.0 Å². The molecule has 0 aliphatic heterocycles. The highest BCUT2D eigenvalue weighted by molar-refractivity contribution is 7.92. The minimum atomic E-state index is -3.70. The predicted molar refractivity (Wildman–Crippen MR) is 84.5 cm³/mol. The molecule has 0 spiro atoms. The third-order valence-corrected chi connectivity index (χ3v) is 4.59. The van der Waals surface area contributed by atoms with Gasteiger partial charge in [0.15, 0.2) is 0 Å². The van der Waals surface area contributed by atoms with Crippen molar-refractivity contribution in [1.82, 2.24) is 0 Å². The monoisotopic (exact) mass is 319 g/mol. The van der Waals surface area contributed by atoms with Gasteiger partial charge in [0, 0.05) is 0 Å². The van der Waals surface area contributed by atoms with E-state index in [1.54, 1.807) is 6.07 Å². The second kappa shape index (κ2) is 6.19. The Kier molecular flexibility index (Phi) is 4.51. The third kappa shape index (κ3) is 3.46. The van der Waals surface area contributed by atoms with Crippen LogP contribution in [-0.2, 0) is 14.8 Å². The van der Waals surface area contributed by atoms with Crippen LogP contribution in [0.3, 0.4) is 0 Å². The van der Waals surface area contributed by atoms with Crippen LogP contribution in [0.4, 0.5) is 5.69 Å². The molecule has 0 amide bonds. The lowest BCUT2D eigenvalue weighted by Gasteiger charge is -2.11. The van der Waals surface area contributed by atoms with Gasteiger partial charge in [0.2, 0.25) is 0 Å². The van der Waals surface area contributed by atoms with Crippen LogP contribution in [-0.4, -0.2) is 21.5 Å². The average molecular weight is 319 g/mol. The summed E-state index contributed by atoms with van der Waals surface area (Å²) < 4.78 is 31.9. The zero-order valence-corrected chi connectivity index (χ0v) is 13.4. The molecule has 2 rings (SSSR count). The highest BCUT2D eigenvalue weighted by Crippen LogP contribution is 2.21. The molecule has 0 heterocycles. The van der Waals surface area contributed by atoms with Crippen LogP contribution in [0, 0.1) is 13.8 Å². The fourth-order valence-electron chi connectivity index (χ4n) is 2.02. The summed E-state index contributed by atoms with van der Waals surface area (Å²) in [5, 5.41) is 0. The first-order chi connectivity index (χ1) is 10.3. The maximum absolute atomic E-state index is 12.4. The summed E-state index contributed by atoms with van der Waals surface area (Å²) in [5.41, 5.74) is 2.73. The van der Waals surface area contributed by atoms with Crippen molar-refractivity contribution >= 4 is 21.7 Å². The van der Waals surface area contributed by atoms with E-state index in [0.717, 1.165) is 11.1 Å². The SMILES string of the molecule is COC(=O)c1ccc(S(=O)(=O)Nc2ccc(C)cc2C)cc1. The number of benzene rings is 2. The number of sulfonamides is 1. The standard InChI is InChI=1S/C16H17NO4S/c1-11-4-9-15(12(2)10-11)17-22(19,20)14-7-5-13(6-8-14)16(18)21-3/h4-10,17H,1-3H3. The smallest absolute Gasteiger partial charge is 0.337 e. The molecule has 0 aliphatic rings. The first-order valence-electron chi connectivity index (χ1n) is 6.62. The molecule has 0 saturated heterocycles. The molecule has 22 heavy (non-hydrogen) atoms. The Morgan fingerprint density at radius 2 is 1.68 bits per heavy atom. The lowest BCUT2D eigenvalue weighted by atomic mass is 10.1. The number of carbonyl (C=O) groups excluding carboxylic acids is 1. The zero-order chi connectivity index (χ0) is 16.3. The molecule has 0 unspecified atom stereocenters. The Morgan fingerprint density at radius 1 is 1.05 bits per heavy atom. The molecule has 0 bridgehead atoms. The molecule has 0 aliphatic carbocycles. The Hall–Kier alpha value is -2.34. The van der Waals surface area contributed by atoms with Crippen LogP contribution in [0.15, 0.2) is 47.4 Å². The van der Waals surface area contributed by atoms with E-state index in [-0.39, 0.29) is 4.90 Å². The summed E-state index contributed by atoms with van der Waals surface area (Å²) in [7, 11) is -2.43. The summed E-state index contributed by atoms with van der Waals surface area (Å²) in [6.07, 6.45) is 0. The number of carbonyl (C=O) groups is 1. The van der Waals surface area contributed by atoms with Gasteiger partial charge in [-0.15, -0.1) is 0 Å². The van der Waals surface area contributed by atoms with E-state index in [4.69, 9.17) is 0 Å². The largest absolute Gasteiger partial charge is 0.465 e. The average Bonchev–Trinajstić information content (AvgIpc) is 2.49. The molecule has 2 aromatic carbocycles. The molecule has 0 aromatic heterocycles. The fourth-order valence-corrected chi connectivity index (χ4v) is 3.15. The van der Waals surface area contributed by atoms with Crippen molar-refractivity contribution in [2.75, 3.05) is 11.8 Å². The van der Waals surface area contributed by atoms with Gasteiger partial charge in [0.05, 0.1) is 23.3 Å². The number of ether oxygens (including phenoxy) is 1. The Labute approximate surface area is 130 Å². The third-order valence-electron chi connectivity index (χ3n) is 3.21. The Morgan fingerprint density at radius 3 is 2.23 bits per heavy atom. The molecule has 0 saturated carbocycles. The molecule has 116 valence electrons. The van der Waals surface area contributed by atoms with E-state index >= 15 is 0 Å². The van der Waals surface area contributed by atoms with Crippen molar-refractivity contribution in [2.24, 2.45) is 0 Å². The number of methoxy groups -OCH3 is 1. The van der Waals surface area contributed by atoms with Crippen molar-refractivity contribution in [1.29, 1.82) is 0 Å². The number of aryl methyl sites for hydroxylation is 2. The first-order valence-corrected chi connectivity index (χ1v) is 8.10. The molecule has 2 aromatic rings. The molecule has 0 atom stereocenters. The van der Waals surface area contributed by atoms with E-state index in [1.807, 2.05) is 26.0 Å². The summed E-state index contributed by atoms with van der Waals surface area (Å²) in [4.78, 5) is 11.4. The number of hydrogen-bond donors (Lipinski definition) is 1. The fraction of sp³-hybridized carbons (Fsp3) is 0.188. The van der Waals surface area contributed by atoms with Gasteiger partial charge in [-0.25, -0.2) is 13.2 Å². The van der Waals surface area contributed by atoms with Crippen molar-refractivity contribution < 1.29 is 17.9 Å². The van der Waals surface area contributed by atoms with Crippen molar-refractivity contribution in [3.8, 4) is 0 Å². The maximum Gasteiger partial charge on any atom is 0.337 e. The topological polar surface area (TPSA) is 72.5 Å². The second-order valence-corrected chi connectivity index (χ2v) is 6.62. The van der Waals surface area contributed by atoms with Gasteiger partial charge in [-0.3, -0.25) is 4.72 Å². The van der Waals surface area contributed by atoms with E-state index in [1.165, 1.54) is 31.4 Å². The summed E-state index contributed by atoms with van der Waals surface area (Å²) >= 11 is 0. The molecule has 6 heteroatoms. The number of rotatable bonds is 4. The lowest BCUT2D eigenvalue weighted by Crippen LogP contribution is -2.14. The number of nitrogens with one attached hydrogen (secondary N) is 1. The normalized spacial score (nSPS) is 11.0. The van der Waals surface area contributed by atoms with Crippen molar-refractivity contribution in [3.63, 3.8) is 0 Å². The van der Waals surface area contributed by atoms with Gasteiger partial charge < -0.3 is 4.74 Å². The van der Waals surface area contributed by atoms with Crippen LogP contribution < -0.4 is 4.72 Å². The van der Waals surface area contributed by atoms with Crippen LogP contribution in [0.25, 0.3) is 0 Å². The minimum Gasteiger partial charge on any atom is -0.465 e. The summed E-state index contributed by atoms with van der Waals surface area (Å²) in [6.45, 7) is 3.78. The minimum absolute atomic E-state index is 0.0835. The van der Waals surface area contributed by atoms with Crippen LogP contribution in [0.5, 0.6) is 0 Å². The van der Waals surface area contributed by atoms with Gasteiger partial charge in [0.1, 0.15) is 0 Å². The Bertz CT molecular complexity index is 795. The maximum atomic E-state index is 12.4. The summed E-state index contributed by atoms with van der Waals surface area (Å²) in [6, 6.07) is 11.1. The number of anilines is 1. The van der Waals surface area contributed by atoms with Gasteiger partial charge >= 0.3 is 5.97 Å². The quantitative estimate of drug-likeness (QED) is 0.880. The molecule has 0 radical (unpaired) electrons. The highest BCUT2D eigenvalue weighted by atomic mass is 32.2. The zero-order valence-electron chi connectivity index (χ0n) is 12.6. The van der Waals surface area contributed by atoms with Gasteiger partial charge in [-0.1, -0.05) is 17.7 Å². The number of hydrogen-bond acceptors (Lipinski definition) is 4. The second-order valence-electron chi connectivity index (χ2n) is 4.94. The highest BCUT2D eigenvalue weighted by Gasteiger charge is 2.16. The van der Waals surface area contributed by atoms with Crippen molar-refractivity contribution in [2.45, 2.75) is 18.7 Å². The molecule has 0 fully saturated rings. The molecule has 5 nitrogen and oxygen atoms in total. The molecule has 1 N–H and O–H groups in total. The van der Waals surface area contributed by atoms with Crippen molar-refractivity contribution in [3.05, 3.63) is 59.2 Å². The van der Waals surface area contributed by atoms with Crippen LogP contribution in [0.1, 0.15) is 21.5 Å². The molecular weight excluding hydrogens is 302 g/mol. The molecular formula is C16H17NO4S. The van der Waals surface area contributed by atoms with Gasteiger partial charge in [0.25, 0.3) is 10.0 Å². The van der Waals surface area contributed by atoms with Gasteiger partial charge in [-0.2, -0.15) is 0 Å². The van der Waals surface area contributed by atoms with E-state index in [0.29, 0.717) is 11.3 Å². The first kappa shape index (κ1) is 16.0. The number of esters is 1. The van der Waals surface area contributed by atoms with Crippen LogP contribution in [0.2, 0.25) is 0 Å². The van der Waals surface area contributed by atoms with Gasteiger partial charge in [-0.05, 0) is 49.7 Å². The summed E-state index contributed by atoms with van der Waals surface area (Å²) in [5.74, 6) is -0.508. The van der Waals surface area contributed by atoms with E-state index in [2.05, 4.69) is 9.46 Å². The van der Waals surface area contributed by atoms with Crippen LogP contribution >= 0.6 is 0 Å².